The number of rotatable bonds is 6. The van der Waals surface area contributed by atoms with Gasteiger partial charge in [0.05, 0.1) is 5.39 Å². The summed E-state index contributed by atoms with van der Waals surface area (Å²) in [5.74, 6) is -0.653. The van der Waals surface area contributed by atoms with Crippen LogP contribution in [0.3, 0.4) is 0 Å². The Morgan fingerprint density at radius 3 is 2.30 bits per heavy atom. The summed E-state index contributed by atoms with van der Waals surface area (Å²) in [6.07, 6.45) is 0. The number of aryl methyl sites for hydroxylation is 1. The number of hydrogen-bond acceptors (Lipinski definition) is 6. The molecule has 1 amide bonds. The van der Waals surface area contributed by atoms with Crippen molar-refractivity contribution in [3.05, 3.63) is 70.1 Å². The maximum absolute atomic E-state index is 13.2. The van der Waals surface area contributed by atoms with Gasteiger partial charge in [-0.05, 0) is 51.3 Å². The fraction of sp³-hybridized carbons (Fsp3) is 0.346. The molecule has 174 valence electrons. The zero-order valence-corrected chi connectivity index (χ0v) is 19.7. The zero-order valence-electron chi connectivity index (χ0n) is 19.7. The van der Waals surface area contributed by atoms with Gasteiger partial charge in [-0.1, -0.05) is 32.0 Å². The molecule has 0 saturated carbocycles. The Labute approximate surface area is 192 Å². The van der Waals surface area contributed by atoms with E-state index in [1.807, 2.05) is 40.7 Å². The number of ether oxygens (including phenoxy) is 2. The Kier molecular flexibility index (Phi) is 6.91. The average molecular weight is 452 g/mol. The number of nitrogens with one attached hydrogen (secondary N) is 1. The fourth-order valence-corrected chi connectivity index (χ4v) is 3.40. The van der Waals surface area contributed by atoms with E-state index in [1.54, 1.807) is 43.3 Å². The van der Waals surface area contributed by atoms with E-state index in [9.17, 15) is 14.4 Å². The third-order valence-corrected chi connectivity index (χ3v) is 4.86. The standard InChI is InChI=1S/C26H29NO6/c1-15(2)23(27-24(29)17-10-8-7-9-11-17)25(30)32-20-14-18(33-26(4,5)6)13-19-22(20)16(3)12-21(28)31-19/h7-15,23H,1-6H3,(H,27,29). The highest BCUT2D eigenvalue weighted by molar-refractivity contribution is 5.97. The maximum Gasteiger partial charge on any atom is 0.336 e. The first-order chi connectivity index (χ1) is 15.4. The second kappa shape index (κ2) is 9.48. The first kappa shape index (κ1) is 24.0. The number of carbonyl (C=O) groups is 2. The van der Waals surface area contributed by atoms with Crippen molar-refractivity contribution in [2.75, 3.05) is 0 Å². The van der Waals surface area contributed by atoms with Crippen molar-refractivity contribution in [2.45, 2.75) is 53.2 Å². The molecule has 0 aliphatic rings. The topological polar surface area (TPSA) is 94.8 Å². The first-order valence-electron chi connectivity index (χ1n) is 10.8. The summed E-state index contributed by atoms with van der Waals surface area (Å²) in [4.78, 5) is 37.7. The van der Waals surface area contributed by atoms with Crippen molar-refractivity contribution in [1.82, 2.24) is 5.32 Å². The van der Waals surface area contributed by atoms with E-state index in [4.69, 9.17) is 13.9 Å². The molecule has 0 spiro atoms. The lowest BCUT2D eigenvalue weighted by Crippen LogP contribution is -2.46. The Hall–Kier alpha value is -3.61. The van der Waals surface area contributed by atoms with Gasteiger partial charge in [-0.3, -0.25) is 4.79 Å². The quantitative estimate of drug-likeness (QED) is 0.333. The van der Waals surface area contributed by atoms with E-state index in [-0.39, 0.29) is 23.2 Å². The van der Waals surface area contributed by atoms with Crippen LogP contribution in [0.2, 0.25) is 0 Å². The van der Waals surface area contributed by atoms with Crippen LogP contribution in [0.15, 0.2) is 57.7 Å². The molecule has 1 atom stereocenters. The number of esters is 1. The Morgan fingerprint density at radius 2 is 1.70 bits per heavy atom. The molecular weight excluding hydrogens is 422 g/mol. The molecule has 7 nitrogen and oxygen atoms in total. The first-order valence-corrected chi connectivity index (χ1v) is 10.8. The minimum Gasteiger partial charge on any atom is -0.488 e. The van der Waals surface area contributed by atoms with Crippen LogP contribution in [0.1, 0.15) is 50.5 Å². The van der Waals surface area contributed by atoms with Crippen LogP contribution in [0, 0.1) is 12.8 Å². The monoisotopic (exact) mass is 451 g/mol. The minimum atomic E-state index is -0.893. The predicted molar refractivity (Wildman–Crippen MR) is 126 cm³/mol. The van der Waals surface area contributed by atoms with Gasteiger partial charge in [0.2, 0.25) is 0 Å². The highest BCUT2D eigenvalue weighted by Crippen LogP contribution is 2.34. The van der Waals surface area contributed by atoms with Gasteiger partial charge in [0.25, 0.3) is 5.91 Å². The highest BCUT2D eigenvalue weighted by Gasteiger charge is 2.28. The van der Waals surface area contributed by atoms with E-state index in [1.165, 1.54) is 6.07 Å². The van der Waals surface area contributed by atoms with Crippen molar-refractivity contribution in [1.29, 1.82) is 0 Å². The fourth-order valence-electron chi connectivity index (χ4n) is 3.40. The number of amides is 1. The van der Waals surface area contributed by atoms with Crippen LogP contribution < -0.4 is 20.4 Å². The molecule has 0 aliphatic heterocycles. The molecule has 1 aromatic heterocycles. The summed E-state index contributed by atoms with van der Waals surface area (Å²) < 4.78 is 17.0. The van der Waals surface area contributed by atoms with Gasteiger partial charge in [-0.25, -0.2) is 9.59 Å². The van der Waals surface area contributed by atoms with Gasteiger partial charge in [0.1, 0.15) is 28.7 Å². The third-order valence-electron chi connectivity index (χ3n) is 4.86. The summed E-state index contributed by atoms with van der Waals surface area (Å²) in [6.45, 7) is 11.0. The van der Waals surface area contributed by atoms with E-state index >= 15 is 0 Å². The highest BCUT2D eigenvalue weighted by atomic mass is 16.5. The maximum atomic E-state index is 13.2. The van der Waals surface area contributed by atoms with Gasteiger partial charge in [0, 0.05) is 23.8 Å². The van der Waals surface area contributed by atoms with E-state index < -0.39 is 23.2 Å². The van der Waals surface area contributed by atoms with Crippen molar-refractivity contribution >= 4 is 22.8 Å². The summed E-state index contributed by atoms with van der Waals surface area (Å²) in [5, 5.41) is 3.25. The average Bonchev–Trinajstić information content (AvgIpc) is 2.70. The lowest BCUT2D eigenvalue weighted by atomic mass is 10.0. The van der Waals surface area contributed by atoms with Gasteiger partial charge >= 0.3 is 11.6 Å². The van der Waals surface area contributed by atoms with Crippen molar-refractivity contribution < 1.29 is 23.5 Å². The molecule has 1 heterocycles. The largest absolute Gasteiger partial charge is 0.488 e. The molecule has 3 rings (SSSR count). The normalized spacial score (nSPS) is 12.5. The van der Waals surface area contributed by atoms with Crippen LogP contribution in [-0.2, 0) is 4.79 Å². The molecule has 7 heteroatoms. The van der Waals surface area contributed by atoms with Crippen LogP contribution >= 0.6 is 0 Å². The van der Waals surface area contributed by atoms with Gasteiger partial charge < -0.3 is 19.2 Å². The number of carbonyl (C=O) groups excluding carboxylic acids is 2. The molecule has 33 heavy (non-hydrogen) atoms. The van der Waals surface area contributed by atoms with Gasteiger partial charge in [-0.2, -0.15) is 0 Å². The van der Waals surface area contributed by atoms with E-state index in [0.717, 1.165) is 0 Å². The second-order valence-corrected chi connectivity index (χ2v) is 9.24. The number of hydrogen-bond donors (Lipinski definition) is 1. The second-order valence-electron chi connectivity index (χ2n) is 9.24. The molecule has 0 bridgehead atoms. The molecule has 0 aliphatic carbocycles. The molecular formula is C26H29NO6. The van der Waals surface area contributed by atoms with Crippen LogP contribution in [0.5, 0.6) is 11.5 Å². The number of fused-ring (bicyclic) bond motifs is 1. The van der Waals surface area contributed by atoms with Crippen LogP contribution in [-0.4, -0.2) is 23.5 Å². The van der Waals surface area contributed by atoms with Crippen molar-refractivity contribution in [3.8, 4) is 11.5 Å². The van der Waals surface area contributed by atoms with Crippen molar-refractivity contribution in [3.63, 3.8) is 0 Å². The molecule has 1 N–H and O–H groups in total. The van der Waals surface area contributed by atoms with E-state index in [2.05, 4.69) is 5.32 Å². The van der Waals surface area contributed by atoms with Crippen LogP contribution in [0.4, 0.5) is 0 Å². The SMILES string of the molecule is Cc1cc(=O)oc2cc(OC(C)(C)C)cc(OC(=O)C(NC(=O)c3ccccc3)C(C)C)c12. The number of benzene rings is 2. The lowest BCUT2D eigenvalue weighted by molar-refractivity contribution is -0.137. The summed E-state index contributed by atoms with van der Waals surface area (Å²) in [6, 6.07) is 12.3. The molecule has 0 saturated heterocycles. The Balaban J connectivity index is 1.97. The third kappa shape index (κ3) is 6.00. The smallest absolute Gasteiger partial charge is 0.336 e. The Morgan fingerprint density at radius 1 is 1.03 bits per heavy atom. The lowest BCUT2D eigenvalue weighted by Gasteiger charge is -2.23. The molecule has 2 aromatic carbocycles. The molecule has 3 aromatic rings. The summed E-state index contributed by atoms with van der Waals surface area (Å²) in [5.41, 5.74) is 0.253. The Bertz CT molecular complexity index is 1220. The van der Waals surface area contributed by atoms with Crippen LogP contribution in [0.25, 0.3) is 11.0 Å². The zero-order chi connectivity index (χ0) is 24.3. The van der Waals surface area contributed by atoms with E-state index in [0.29, 0.717) is 22.3 Å². The van der Waals surface area contributed by atoms with Gasteiger partial charge in [0.15, 0.2) is 0 Å². The van der Waals surface area contributed by atoms with Gasteiger partial charge in [-0.15, -0.1) is 0 Å². The molecule has 0 radical (unpaired) electrons. The summed E-state index contributed by atoms with van der Waals surface area (Å²) >= 11 is 0. The molecule has 1 unspecified atom stereocenters. The summed E-state index contributed by atoms with van der Waals surface area (Å²) in [7, 11) is 0. The predicted octanol–water partition coefficient (Wildman–Crippen LogP) is 4.64. The van der Waals surface area contributed by atoms with Crippen molar-refractivity contribution in [2.24, 2.45) is 5.92 Å². The minimum absolute atomic E-state index is 0.192. The molecule has 0 fully saturated rings.